The first kappa shape index (κ1) is 16.2. The fourth-order valence-corrected chi connectivity index (χ4v) is 2.51. The molecule has 1 rings (SSSR count). The van der Waals surface area contributed by atoms with Crippen molar-refractivity contribution >= 4 is 14.3 Å². The lowest BCUT2D eigenvalue weighted by Gasteiger charge is -2.36. The lowest BCUT2D eigenvalue weighted by molar-refractivity contribution is -0.140. The van der Waals surface area contributed by atoms with Crippen LogP contribution in [0.25, 0.3) is 0 Å². The van der Waals surface area contributed by atoms with E-state index in [-0.39, 0.29) is 11.0 Å². The van der Waals surface area contributed by atoms with E-state index >= 15 is 0 Å². The molecule has 19 heavy (non-hydrogen) atoms. The van der Waals surface area contributed by atoms with Crippen LogP contribution in [-0.2, 0) is 14.0 Å². The third-order valence-electron chi connectivity index (χ3n) is 3.98. The van der Waals surface area contributed by atoms with E-state index in [2.05, 4.69) is 46.0 Å². The van der Waals surface area contributed by atoms with Crippen LogP contribution in [0, 0.1) is 0 Å². The number of hydrogen-bond donors (Lipinski definition) is 0. The van der Waals surface area contributed by atoms with Gasteiger partial charge in [0.25, 0.3) is 0 Å². The van der Waals surface area contributed by atoms with Gasteiger partial charge in [0.15, 0.2) is 8.32 Å². The minimum absolute atomic E-state index is 0.214. The van der Waals surface area contributed by atoms with Gasteiger partial charge in [0.1, 0.15) is 6.61 Å². The smallest absolute Gasteiger partial charge is 0.302 e. The Bertz CT molecular complexity index is 400. The number of esters is 1. The average molecular weight is 282 g/mol. The van der Waals surface area contributed by atoms with Gasteiger partial charge in [-0.2, -0.15) is 0 Å². The van der Waals surface area contributed by atoms with Gasteiger partial charge in [-0.1, -0.05) is 32.9 Å². The summed E-state index contributed by atoms with van der Waals surface area (Å²) in [6.45, 7) is 13.7. The molecule has 0 saturated carbocycles. The molecule has 108 valence electrons. The molecule has 0 amide bonds. The van der Waals surface area contributed by atoms with Crippen LogP contribution in [0.2, 0.25) is 18.1 Å². The maximum Gasteiger partial charge on any atom is 0.302 e. The zero-order valence-electron chi connectivity index (χ0n) is 13.0. The molecule has 0 aromatic carbocycles. The molecule has 0 unspecified atom stereocenters. The summed E-state index contributed by atoms with van der Waals surface area (Å²) in [5, 5.41) is 0.214. The van der Waals surface area contributed by atoms with Crippen LogP contribution < -0.4 is 0 Å². The highest BCUT2D eigenvalue weighted by atomic mass is 28.4. The highest BCUT2D eigenvalue weighted by molar-refractivity contribution is 6.74. The Labute approximate surface area is 117 Å². The highest BCUT2D eigenvalue weighted by Gasteiger charge is 2.37. The number of rotatable bonds is 5. The van der Waals surface area contributed by atoms with E-state index in [4.69, 9.17) is 9.16 Å². The van der Waals surface area contributed by atoms with Gasteiger partial charge in [0.2, 0.25) is 0 Å². The Kier molecular flexibility index (Phi) is 5.16. The Morgan fingerprint density at radius 3 is 2.47 bits per heavy atom. The minimum Gasteiger partial charge on any atom is -0.461 e. The van der Waals surface area contributed by atoms with Gasteiger partial charge < -0.3 is 9.16 Å². The Balaban J connectivity index is 2.62. The van der Waals surface area contributed by atoms with Gasteiger partial charge in [-0.05, 0) is 35.7 Å². The van der Waals surface area contributed by atoms with Crippen LogP contribution in [0.15, 0.2) is 23.3 Å². The molecule has 0 aliphatic heterocycles. The van der Waals surface area contributed by atoms with E-state index in [0.29, 0.717) is 13.2 Å². The van der Waals surface area contributed by atoms with E-state index < -0.39 is 8.32 Å². The monoisotopic (exact) mass is 282 g/mol. The predicted molar refractivity (Wildman–Crippen MR) is 80.6 cm³/mol. The third-order valence-corrected chi connectivity index (χ3v) is 8.46. The number of allylic oxidation sites excluding steroid dienone is 1. The molecule has 0 aromatic rings. The topological polar surface area (TPSA) is 35.5 Å². The molecule has 0 saturated heterocycles. The second kappa shape index (κ2) is 6.05. The van der Waals surface area contributed by atoms with Crippen molar-refractivity contribution in [2.75, 3.05) is 13.2 Å². The molecule has 1 aliphatic carbocycles. The fourth-order valence-electron chi connectivity index (χ4n) is 1.56. The Hall–Kier alpha value is -0.873. The second-order valence-corrected chi connectivity index (χ2v) is 11.4. The van der Waals surface area contributed by atoms with Crippen molar-refractivity contribution in [3.8, 4) is 0 Å². The number of ether oxygens (including phenoxy) is 1. The highest BCUT2D eigenvalue weighted by Crippen LogP contribution is 2.37. The SMILES string of the molecule is CC(=O)OCC1=C(CO[Si](C)(C)C(C)(C)C)C=CC1. The number of hydrogen-bond acceptors (Lipinski definition) is 3. The van der Waals surface area contributed by atoms with E-state index in [1.54, 1.807) is 0 Å². The van der Waals surface area contributed by atoms with Gasteiger partial charge in [-0.25, -0.2) is 0 Å². The summed E-state index contributed by atoms with van der Waals surface area (Å²) in [7, 11) is -1.72. The van der Waals surface area contributed by atoms with E-state index in [0.717, 1.165) is 12.0 Å². The van der Waals surface area contributed by atoms with Crippen LogP contribution in [0.1, 0.15) is 34.1 Å². The van der Waals surface area contributed by atoms with Crippen LogP contribution >= 0.6 is 0 Å². The van der Waals surface area contributed by atoms with Gasteiger partial charge >= 0.3 is 5.97 Å². The van der Waals surface area contributed by atoms with Gasteiger partial charge in [0.05, 0.1) is 6.61 Å². The van der Waals surface area contributed by atoms with E-state index in [1.165, 1.54) is 12.5 Å². The third kappa shape index (κ3) is 4.62. The van der Waals surface area contributed by atoms with Gasteiger partial charge in [-0.3, -0.25) is 4.79 Å². The molecule has 0 atom stereocenters. The van der Waals surface area contributed by atoms with Gasteiger partial charge in [-0.15, -0.1) is 0 Å². The molecule has 0 aromatic heterocycles. The lowest BCUT2D eigenvalue weighted by Crippen LogP contribution is -2.41. The van der Waals surface area contributed by atoms with Crippen molar-refractivity contribution in [3.05, 3.63) is 23.3 Å². The molecule has 0 N–H and O–H groups in total. The van der Waals surface area contributed by atoms with Crippen molar-refractivity contribution < 1.29 is 14.0 Å². The minimum atomic E-state index is -1.72. The summed E-state index contributed by atoms with van der Waals surface area (Å²) in [6, 6.07) is 0. The summed E-state index contributed by atoms with van der Waals surface area (Å²) in [4.78, 5) is 10.9. The predicted octanol–water partition coefficient (Wildman–Crippen LogP) is 3.83. The van der Waals surface area contributed by atoms with Crippen LogP contribution in [0.4, 0.5) is 0 Å². The lowest BCUT2D eigenvalue weighted by atomic mass is 10.2. The van der Waals surface area contributed by atoms with Crippen LogP contribution in [-0.4, -0.2) is 27.5 Å². The average Bonchev–Trinajstić information content (AvgIpc) is 2.69. The van der Waals surface area contributed by atoms with Crippen LogP contribution in [0.3, 0.4) is 0 Å². The zero-order chi connectivity index (χ0) is 14.7. The zero-order valence-corrected chi connectivity index (χ0v) is 14.0. The Morgan fingerprint density at radius 1 is 1.32 bits per heavy atom. The van der Waals surface area contributed by atoms with Crippen molar-refractivity contribution in [1.82, 2.24) is 0 Å². The standard InChI is InChI=1S/C15H26O3Si/c1-12(16)17-10-13-8-7-9-14(13)11-18-19(5,6)15(2,3)4/h7,9H,8,10-11H2,1-6H3. The van der Waals surface area contributed by atoms with Crippen molar-refractivity contribution in [1.29, 1.82) is 0 Å². The van der Waals surface area contributed by atoms with E-state index in [9.17, 15) is 4.79 Å². The normalized spacial score (nSPS) is 16.1. The summed E-state index contributed by atoms with van der Waals surface area (Å²) >= 11 is 0. The molecule has 0 radical (unpaired) electrons. The summed E-state index contributed by atoms with van der Waals surface area (Å²) in [6.07, 6.45) is 5.05. The first-order valence-electron chi connectivity index (χ1n) is 6.78. The fraction of sp³-hybridized carbons (Fsp3) is 0.667. The van der Waals surface area contributed by atoms with Crippen molar-refractivity contribution in [2.45, 2.75) is 52.2 Å². The molecule has 0 bridgehead atoms. The molecular formula is C15H26O3Si. The molecule has 0 spiro atoms. The number of carbonyl (C=O) groups excluding carboxylic acids is 1. The van der Waals surface area contributed by atoms with Crippen molar-refractivity contribution in [3.63, 3.8) is 0 Å². The van der Waals surface area contributed by atoms with Crippen molar-refractivity contribution in [2.24, 2.45) is 0 Å². The largest absolute Gasteiger partial charge is 0.461 e. The maximum atomic E-state index is 10.9. The van der Waals surface area contributed by atoms with Crippen LogP contribution in [0.5, 0.6) is 0 Å². The first-order valence-corrected chi connectivity index (χ1v) is 9.69. The maximum absolute atomic E-state index is 10.9. The first-order chi connectivity index (χ1) is 8.63. The molecule has 1 aliphatic rings. The second-order valence-electron chi connectivity index (χ2n) is 6.56. The van der Waals surface area contributed by atoms with Gasteiger partial charge in [0, 0.05) is 6.92 Å². The quantitative estimate of drug-likeness (QED) is 0.568. The molecule has 0 fully saturated rings. The summed E-state index contributed by atoms with van der Waals surface area (Å²) in [5.41, 5.74) is 2.33. The number of carbonyl (C=O) groups is 1. The Morgan fingerprint density at radius 2 is 1.95 bits per heavy atom. The molecular weight excluding hydrogens is 256 g/mol. The molecule has 3 nitrogen and oxygen atoms in total. The van der Waals surface area contributed by atoms with E-state index in [1.807, 2.05) is 0 Å². The summed E-state index contributed by atoms with van der Waals surface area (Å²) < 4.78 is 11.3. The molecule has 4 heteroatoms. The molecule has 0 heterocycles. The summed E-state index contributed by atoms with van der Waals surface area (Å²) in [5.74, 6) is -0.232.